The molecule has 0 saturated carbocycles. The van der Waals surface area contributed by atoms with Gasteiger partial charge in [0.1, 0.15) is 0 Å². The molecule has 0 amide bonds. The lowest BCUT2D eigenvalue weighted by molar-refractivity contribution is 1.31. The Hall–Kier alpha value is -0.490. The predicted molar refractivity (Wildman–Crippen MR) is 43.6 cm³/mol. The van der Waals surface area contributed by atoms with Crippen LogP contribution in [0.25, 0.3) is 0 Å². The fourth-order valence-electron chi connectivity index (χ4n) is 0.355. The van der Waals surface area contributed by atoms with Crippen molar-refractivity contribution in [1.82, 2.24) is 0 Å². The summed E-state index contributed by atoms with van der Waals surface area (Å²) in [7, 11) is 0. The minimum Gasteiger partial charge on any atom is -0.0988 e. The monoisotopic (exact) mass is 142 g/mol. The van der Waals surface area contributed by atoms with Crippen LogP contribution in [0.4, 0.5) is 0 Å². The number of halogens is 1. The van der Waals surface area contributed by atoms with Gasteiger partial charge in [0, 0.05) is 11.5 Å². The Morgan fingerprint density at radius 1 is 1.67 bits per heavy atom. The summed E-state index contributed by atoms with van der Waals surface area (Å²) < 4.78 is 0. The van der Waals surface area contributed by atoms with Crippen molar-refractivity contribution in [3.63, 3.8) is 0 Å². The first-order chi connectivity index (χ1) is 4.16. The van der Waals surface area contributed by atoms with E-state index in [2.05, 4.69) is 13.2 Å². The van der Waals surface area contributed by atoms with E-state index in [1.807, 2.05) is 13.0 Å². The van der Waals surface area contributed by atoms with E-state index >= 15 is 0 Å². The van der Waals surface area contributed by atoms with E-state index in [-0.39, 0.29) is 0 Å². The van der Waals surface area contributed by atoms with Gasteiger partial charge in [0.2, 0.25) is 0 Å². The molecule has 0 N–H and O–H groups in total. The molecular formula is C8H11Cl. The van der Waals surface area contributed by atoms with E-state index in [1.165, 1.54) is 0 Å². The Morgan fingerprint density at radius 2 is 2.22 bits per heavy atom. The molecule has 0 aromatic heterocycles. The minimum atomic E-state index is 0.663. The van der Waals surface area contributed by atoms with Gasteiger partial charge in [-0.15, -0.1) is 0 Å². The zero-order valence-corrected chi connectivity index (χ0v) is 6.41. The maximum atomic E-state index is 5.51. The molecule has 50 valence electrons. The molecule has 0 saturated heterocycles. The van der Waals surface area contributed by atoms with E-state index in [0.717, 1.165) is 12.0 Å². The molecule has 0 heterocycles. The third-order valence-electron chi connectivity index (χ3n) is 0.968. The molecule has 0 aliphatic heterocycles. The highest BCUT2D eigenvalue weighted by Gasteiger charge is 1.82. The van der Waals surface area contributed by atoms with Crippen molar-refractivity contribution in [2.75, 3.05) is 0 Å². The van der Waals surface area contributed by atoms with Gasteiger partial charge in [0.05, 0.1) is 0 Å². The molecule has 9 heavy (non-hydrogen) atoms. The summed E-state index contributed by atoms with van der Waals surface area (Å²) in [5.41, 5.74) is 1.14. The molecule has 0 rings (SSSR count). The fourth-order valence-corrected chi connectivity index (χ4v) is 0.432. The van der Waals surface area contributed by atoms with Crippen molar-refractivity contribution < 1.29 is 0 Å². The molecule has 0 unspecified atom stereocenters. The fraction of sp³-hybridized carbons (Fsp3) is 0.250. The molecule has 0 atom stereocenters. The first-order valence-electron chi connectivity index (χ1n) is 2.79. The van der Waals surface area contributed by atoms with Crippen molar-refractivity contribution in [3.8, 4) is 0 Å². The van der Waals surface area contributed by atoms with Crippen molar-refractivity contribution in [1.29, 1.82) is 0 Å². The van der Waals surface area contributed by atoms with Crippen LogP contribution in [-0.2, 0) is 0 Å². The lowest BCUT2D eigenvalue weighted by Gasteiger charge is -1.89. The molecule has 0 aliphatic carbocycles. The molecular weight excluding hydrogens is 132 g/mol. The van der Waals surface area contributed by atoms with Gasteiger partial charge >= 0.3 is 0 Å². The Labute approximate surface area is 61.5 Å². The normalized spacial score (nSPS) is 11.1. The van der Waals surface area contributed by atoms with Crippen LogP contribution in [0.15, 0.2) is 35.9 Å². The van der Waals surface area contributed by atoms with Crippen LogP contribution in [0.2, 0.25) is 0 Å². The highest BCUT2D eigenvalue weighted by molar-refractivity contribution is 6.29. The smallest absolute Gasteiger partial charge is 0.0147 e. The minimum absolute atomic E-state index is 0.663. The van der Waals surface area contributed by atoms with Crippen LogP contribution >= 0.6 is 11.6 Å². The molecule has 0 radical (unpaired) electrons. The number of hydrogen-bond donors (Lipinski definition) is 0. The van der Waals surface area contributed by atoms with Crippen molar-refractivity contribution >= 4 is 11.6 Å². The van der Waals surface area contributed by atoms with Gasteiger partial charge in [0.25, 0.3) is 0 Å². The summed E-state index contributed by atoms with van der Waals surface area (Å²) in [6, 6.07) is 0. The van der Waals surface area contributed by atoms with E-state index < -0.39 is 0 Å². The first kappa shape index (κ1) is 8.51. The highest BCUT2D eigenvalue weighted by Crippen LogP contribution is 2.06. The third kappa shape index (κ3) is 5.38. The van der Waals surface area contributed by atoms with Gasteiger partial charge in [-0.2, -0.15) is 0 Å². The van der Waals surface area contributed by atoms with Crippen molar-refractivity contribution in [3.05, 3.63) is 35.9 Å². The Balaban J connectivity index is 3.69. The highest BCUT2D eigenvalue weighted by atomic mass is 35.5. The average Bonchev–Trinajstić information content (AvgIpc) is 1.83. The third-order valence-corrected chi connectivity index (χ3v) is 1.12. The zero-order valence-electron chi connectivity index (χ0n) is 5.65. The van der Waals surface area contributed by atoms with Crippen LogP contribution in [0.5, 0.6) is 0 Å². The second-order valence-corrected chi connectivity index (χ2v) is 2.41. The maximum Gasteiger partial charge on any atom is 0.0147 e. The molecule has 0 aromatic carbocycles. The first-order valence-corrected chi connectivity index (χ1v) is 3.17. The SMILES string of the molecule is C=C/C(C)=C/CC(=C)Cl. The second kappa shape index (κ2) is 4.39. The lowest BCUT2D eigenvalue weighted by Crippen LogP contribution is -1.68. The molecule has 0 fully saturated rings. The summed E-state index contributed by atoms with van der Waals surface area (Å²) >= 11 is 5.51. The number of hydrogen-bond acceptors (Lipinski definition) is 0. The second-order valence-electron chi connectivity index (χ2n) is 1.87. The molecule has 0 aromatic rings. The predicted octanol–water partition coefficient (Wildman–Crippen LogP) is 3.26. The van der Waals surface area contributed by atoms with Gasteiger partial charge in [-0.1, -0.05) is 42.5 Å². The summed E-state index contributed by atoms with van der Waals surface area (Å²) in [4.78, 5) is 0. The average molecular weight is 143 g/mol. The van der Waals surface area contributed by atoms with Gasteiger partial charge in [0.15, 0.2) is 0 Å². The number of rotatable bonds is 3. The molecule has 1 heteroatoms. The van der Waals surface area contributed by atoms with Crippen LogP contribution < -0.4 is 0 Å². The maximum absolute atomic E-state index is 5.51. The van der Waals surface area contributed by atoms with Gasteiger partial charge in [-0.3, -0.25) is 0 Å². The van der Waals surface area contributed by atoms with Gasteiger partial charge < -0.3 is 0 Å². The van der Waals surface area contributed by atoms with Crippen LogP contribution in [0, 0.1) is 0 Å². The van der Waals surface area contributed by atoms with Crippen molar-refractivity contribution in [2.24, 2.45) is 0 Å². The van der Waals surface area contributed by atoms with E-state index in [9.17, 15) is 0 Å². The Kier molecular flexibility index (Phi) is 4.16. The Morgan fingerprint density at radius 3 is 2.56 bits per heavy atom. The summed E-state index contributed by atoms with van der Waals surface area (Å²) in [6.07, 6.45) is 4.52. The molecule has 0 aliphatic rings. The molecule has 0 nitrogen and oxygen atoms in total. The van der Waals surface area contributed by atoms with Crippen LogP contribution in [-0.4, -0.2) is 0 Å². The topological polar surface area (TPSA) is 0 Å². The van der Waals surface area contributed by atoms with E-state index in [4.69, 9.17) is 11.6 Å². The number of allylic oxidation sites excluding steroid dienone is 4. The molecule has 0 bridgehead atoms. The van der Waals surface area contributed by atoms with Gasteiger partial charge in [-0.25, -0.2) is 0 Å². The molecule has 0 spiro atoms. The zero-order chi connectivity index (χ0) is 7.28. The lowest BCUT2D eigenvalue weighted by atomic mass is 10.2. The van der Waals surface area contributed by atoms with Gasteiger partial charge in [-0.05, 0) is 6.92 Å². The van der Waals surface area contributed by atoms with E-state index in [1.54, 1.807) is 6.08 Å². The summed E-state index contributed by atoms with van der Waals surface area (Å²) in [5, 5.41) is 0.663. The Bertz CT molecular complexity index is 143. The quantitative estimate of drug-likeness (QED) is 0.531. The van der Waals surface area contributed by atoms with E-state index in [0.29, 0.717) is 5.03 Å². The van der Waals surface area contributed by atoms with Crippen molar-refractivity contribution in [2.45, 2.75) is 13.3 Å². The van der Waals surface area contributed by atoms with Crippen LogP contribution in [0.1, 0.15) is 13.3 Å². The standard InChI is InChI=1S/C8H11Cl/c1-4-7(2)5-6-8(3)9/h4-5H,1,3,6H2,2H3/b7-5+. The largest absolute Gasteiger partial charge is 0.0988 e. The summed E-state index contributed by atoms with van der Waals surface area (Å²) in [5.74, 6) is 0. The summed E-state index contributed by atoms with van der Waals surface area (Å²) in [6.45, 7) is 9.12. The van der Waals surface area contributed by atoms with Crippen LogP contribution in [0.3, 0.4) is 0 Å².